The van der Waals surface area contributed by atoms with Gasteiger partial charge in [-0.25, -0.2) is 15.0 Å². The molecule has 0 amide bonds. The van der Waals surface area contributed by atoms with Gasteiger partial charge in [0.2, 0.25) is 0 Å². The van der Waals surface area contributed by atoms with Crippen LogP contribution >= 0.6 is 0 Å². The molecule has 1 aromatic heterocycles. The Morgan fingerprint density at radius 3 is 1.04 bits per heavy atom. The molecule has 0 radical (unpaired) electrons. The Balaban J connectivity index is 1.44. The first-order chi connectivity index (χ1) is 26.1. The van der Waals surface area contributed by atoms with Gasteiger partial charge in [-0.3, -0.25) is 0 Å². The summed E-state index contributed by atoms with van der Waals surface area (Å²) in [7, 11) is 0. The minimum atomic E-state index is 0.700. The summed E-state index contributed by atoms with van der Waals surface area (Å²) in [6.07, 6.45) is 12.2. The van der Waals surface area contributed by atoms with E-state index in [0.29, 0.717) is 11.6 Å². The number of unbranched alkanes of at least 4 members (excludes halogenated alkanes) is 6. The van der Waals surface area contributed by atoms with Crippen LogP contribution in [0.1, 0.15) is 110 Å². The van der Waals surface area contributed by atoms with E-state index in [1.54, 1.807) is 0 Å². The number of rotatable bonds is 15. The molecule has 278 valence electrons. The second-order valence-corrected chi connectivity index (χ2v) is 15.7. The third-order valence-corrected chi connectivity index (χ3v) is 10.8. The lowest BCUT2D eigenvalue weighted by atomic mass is 9.93. The number of aromatic nitrogens is 3. The molecule has 0 aliphatic carbocycles. The lowest BCUT2D eigenvalue weighted by Gasteiger charge is -2.14. The van der Waals surface area contributed by atoms with Crippen molar-refractivity contribution in [3.63, 3.8) is 0 Å². The predicted molar refractivity (Wildman–Crippen MR) is 231 cm³/mol. The fourth-order valence-electron chi connectivity index (χ4n) is 8.30. The molecule has 0 aliphatic heterocycles. The molecule has 0 saturated carbocycles. The molecule has 0 unspecified atom stereocenters. The second kappa shape index (κ2) is 18.0. The first kappa shape index (κ1) is 38.8. The molecule has 6 rings (SSSR count). The Morgan fingerprint density at radius 1 is 0.352 bits per heavy atom. The van der Waals surface area contributed by atoms with Gasteiger partial charge in [-0.05, 0) is 135 Å². The van der Waals surface area contributed by atoms with Crippen LogP contribution in [0.15, 0.2) is 91.0 Å². The van der Waals surface area contributed by atoms with Crippen molar-refractivity contribution in [2.45, 2.75) is 120 Å². The predicted octanol–water partition coefficient (Wildman–Crippen LogP) is 14.3. The molecule has 0 atom stereocenters. The first-order valence-electron chi connectivity index (χ1n) is 20.4. The van der Waals surface area contributed by atoms with Crippen molar-refractivity contribution in [1.29, 1.82) is 0 Å². The van der Waals surface area contributed by atoms with Crippen molar-refractivity contribution in [2.75, 3.05) is 0 Å². The smallest absolute Gasteiger partial charge is 0.164 e. The topological polar surface area (TPSA) is 38.7 Å². The van der Waals surface area contributed by atoms with E-state index in [2.05, 4.69) is 146 Å². The number of hydrogen-bond acceptors (Lipinski definition) is 3. The number of nitrogens with zero attached hydrogens (tertiary/aromatic N) is 3. The Hall–Kier alpha value is -4.89. The summed E-state index contributed by atoms with van der Waals surface area (Å²) in [6, 6.07) is 33.7. The van der Waals surface area contributed by atoms with Crippen LogP contribution in [0.3, 0.4) is 0 Å². The van der Waals surface area contributed by atoms with Crippen LogP contribution in [0.5, 0.6) is 0 Å². The quantitative estimate of drug-likeness (QED) is 0.0995. The summed E-state index contributed by atoms with van der Waals surface area (Å²) in [5.41, 5.74) is 18.6. The summed E-state index contributed by atoms with van der Waals surface area (Å²) in [5, 5.41) is 0. The van der Waals surface area contributed by atoms with Crippen LogP contribution in [0.2, 0.25) is 0 Å². The van der Waals surface area contributed by atoms with Gasteiger partial charge in [0.1, 0.15) is 0 Å². The zero-order chi connectivity index (χ0) is 38.2. The first-order valence-corrected chi connectivity index (χ1v) is 20.4. The van der Waals surface area contributed by atoms with Crippen molar-refractivity contribution in [2.24, 2.45) is 0 Å². The fourth-order valence-corrected chi connectivity index (χ4v) is 8.30. The van der Waals surface area contributed by atoms with Crippen LogP contribution in [-0.2, 0) is 12.8 Å². The van der Waals surface area contributed by atoms with Crippen LogP contribution in [-0.4, -0.2) is 15.0 Å². The van der Waals surface area contributed by atoms with Gasteiger partial charge in [-0.1, -0.05) is 142 Å². The molecule has 0 spiro atoms. The summed E-state index contributed by atoms with van der Waals surface area (Å²) in [6.45, 7) is 17.7. The van der Waals surface area contributed by atoms with Crippen molar-refractivity contribution in [1.82, 2.24) is 15.0 Å². The van der Waals surface area contributed by atoms with Crippen LogP contribution in [0, 0.1) is 41.5 Å². The third-order valence-electron chi connectivity index (χ3n) is 10.8. The maximum atomic E-state index is 5.22. The monoisotopic (exact) mass is 713 g/mol. The van der Waals surface area contributed by atoms with E-state index < -0.39 is 0 Å². The largest absolute Gasteiger partial charge is 0.208 e. The lowest BCUT2D eigenvalue weighted by Crippen LogP contribution is -2.02. The highest BCUT2D eigenvalue weighted by Gasteiger charge is 2.16. The Kier molecular flexibility index (Phi) is 12.9. The molecule has 1 heterocycles. The lowest BCUT2D eigenvalue weighted by molar-refractivity contribution is 0.661. The highest BCUT2D eigenvalue weighted by Crippen LogP contribution is 2.33. The SMILES string of the molecule is CCCCCCc1cc(CCCCCC)cc(-c2nc(-c3ccc(-c4c(C)cc(C)cc4C)cc3)nc(-c3ccc(-c4c(C)cc(C)cc4C)cc3)n2)c1. The van der Waals surface area contributed by atoms with Crippen LogP contribution in [0.4, 0.5) is 0 Å². The Labute approximate surface area is 325 Å². The fraction of sp³-hybridized carbons (Fsp3) is 0.353. The van der Waals surface area contributed by atoms with Crippen LogP contribution < -0.4 is 0 Å². The van der Waals surface area contributed by atoms with Gasteiger partial charge in [0.15, 0.2) is 17.5 Å². The van der Waals surface area contributed by atoms with E-state index >= 15 is 0 Å². The normalized spacial score (nSPS) is 11.3. The molecule has 0 N–H and O–H groups in total. The zero-order valence-electron chi connectivity index (χ0n) is 34.1. The highest BCUT2D eigenvalue weighted by molar-refractivity contribution is 5.76. The molecule has 0 saturated heterocycles. The number of aryl methyl sites for hydroxylation is 8. The standard InChI is InChI=1S/C51H59N3/c1-9-11-13-15-17-40-31-41(18-16-14-12-10-2)33-46(32-40)51-53-49(44-23-19-42(20-24-44)47-36(5)27-34(3)28-37(47)6)52-50(54-51)45-25-21-43(22-26-45)48-38(7)29-35(4)30-39(48)8/h19-33H,9-18H2,1-8H3. The van der Waals surface area contributed by atoms with Crippen molar-refractivity contribution in [3.8, 4) is 56.4 Å². The summed E-state index contributed by atoms with van der Waals surface area (Å²) >= 11 is 0. The number of benzene rings is 5. The molecule has 3 heteroatoms. The third kappa shape index (κ3) is 9.42. The second-order valence-electron chi connectivity index (χ2n) is 15.7. The average Bonchev–Trinajstić information content (AvgIpc) is 3.15. The summed E-state index contributed by atoms with van der Waals surface area (Å²) in [4.78, 5) is 15.6. The van der Waals surface area contributed by atoms with E-state index in [1.165, 1.54) is 118 Å². The van der Waals surface area contributed by atoms with E-state index in [-0.39, 0.29) is 0 Å². The molecular formula is C51H59N3. The minimum Gasteiger partial charge on any atom is -0.208 e. The van der Waals surface area contributed by atoms with Gasteiger partial charge in [-0.2, -0.15) is 0 Å². The zero-order valence-corrected chi connectivity index (χ0v) is 34.1. The molecule has 6 aromatic rings. The minimum absolute atomic E-state index is 0.700. The van der Waals surface area contributed by atoms with E-state index in [9.17, 15) is 0 Å². The summed E-state index contributed by atoms with van der Waals surface area (Å²) < 4.78 is 0. The molecule has 3 nitrogen and oxygen atoms in total. The molecule has 54 heavy (non-hydrogen) atoms. The Morgan fingerprint density at radius 2 is 0.685 bits per heavy atom. The number of hydrogen-bond donors (Lipinski definition) is 0. The molecular weight excluding hydrogens is 655 g/mol. The summed E-state index contributed by atoms with van der Waals surface area (Å²) in [5.74, 6) is 2.14. The van der Waals surface area contributed by atoms with Gasteiger partial charge < -0.3 is 0 Å². The molecule has 0 bridgehead atoms. The van der Waals surface area contributed by atoms with E-state index in [1.807, 2.05) is 0 Å². The molecule has 0 aliphatic rings. The average molecular weight is 714 g/mol. The van der Waals surface area contributed by atoms with Crippen LogP contribution in [0.25, 0.3) is 56.4 Å². The van der Waals surface area contributed by atoms with Gasteiger partial charge in [0, 0.05) is 16.7 Å². The molecule has 0 fully saturated rings. The molecule has 5 aromatic carbocycles. The van der Waals surface area contributed by atoms with E-state index in [4.69, 9.17) is 15.0 Å². The van der Waals surface area contributed by atoms with Gasteiger partial charge in [0.25, 0.3) is 0 Å². The Bertz CT molecular complexity index is 2000. The maximum absolute atomic E-state index is 5.22. The maximum Gasteiger partial charge on any atom is 0.164 e. The highest BCUT2D eigenvalue weighted by atomic mass is 15.0. The van der Waals surface area contributed by atoms with E-state index in [0.717, 1.165) is 35.4 Å². The van der Waals surface area contributed by atoms with Crippen molar-refractivity contribution in [3.05, 3.63) is 136 Å². The van der Waals surface area contributed by atoms with Crippen molar-refractivity contribution >= 4 is 0 Å². The van der Waals surface area contributed by atoms with Gasteiger partial charge in [-0.15, -0.1) is 0 Å². The van der Waals surface area contributed by atoms with Gasteiger partial charge in [0.05, 0.1) is 0 Å². The van der Waals surface area contributed by atoms with Crippen molar-refractivity contribution < 1.29 is 0 Å². The van der Waals surface area contributed by atoms with Gasteiger partial charge >= 0.3 is 0 Å².